The number of methoxy groups -OCH3 is 1. The second-order valence-corrected chi connectivity index (χ2v) is 13.2. The van der Waals surface area contributed by atoms with E-state index in [0.717, 1.165) is 18.2 Å². The second-order valence-electron chi connectivity index (χ2n) is 13.2. The van der Waals surface area contributed by atoms with Crippen LogP contribution in [0.4, 0.5) is 0 Å². The molecule has 1 heterocycles. The lowest BCUT2D eigenvalue weighted by Gasteiger charge is -2.61. The van der Waals surface area contributed by atoms with Gasteiger partial charge in [-0.05, 0) is 104 Å². The first kappa shape index (κ1) is 25.4. The van der Waals surface area contributed by atoms with Gasteiger partial charge in [0.1, 0.15) is 5.75 Å². The fraction of sp³-hybridized carbons (Fsp3) is 0.647. The zero-order valence-electron chi connectivity index (χ0n) is 23.9. The van der Waals surface area contributed by atoms with Crippen LogP contribution in [-0.4, -0.2) is 49.1 Å². The Morgan fingerprint density at radius 2 is 1.89 bits per heavy atom. The molecule has 3 heteroatoms. The van der Waals surface area contributed by atoms with Crippen LogP contribution >= 0.6 is 0 Å². The summed E-state index contributed by atoms with van der Waals surface area (Å²) in [6.45, 7) is 11.3. The number of likely N-dealkylation sites (tertiary alicyclic amines) is 1. The van der Waals surface area contributed by atoms with Crippen LogP contribution in [0.1, 0.15) is 76.0 Å². The van der Waals surface area contributed by atoms with Crippen LogP contribution in [0.15, 0.2) is 48.5 Å². The third-order valence-electron chi connectivity index (χ3n) is 11.4. The Kier molecular flexibility index (Phi) is 6.68. The van der Waals surface area contributed by atoms with E-state index in [1.807, 2.05) is 7.11 Å². The maximum atomic E-state index is 5.85. The molecular formula is C34H48N2O. The minimum Gasteiger partial charge on any atom is -0.497 e. The Labute approximate surface area is 225 Å². The summed E-state index contributed by atoms with van der Waals surface area (Å²) in [4.78, 5) is 5.65. The average Bonchev–Trinajstić information content (AvgIpc) is 3.59. The van der Waals surface area contributed by atoms with E-state index < -0.39 is 0 Å². The molecule has 0 radical (unpaired) electrons. The molecule has 2 aromatic carbocycles. The van der Waals surface area contributed by atoms with Crippen molar-refractivity contribution in [2.75, 3.05) is 27.2 Å². The molecule has 200 valence electrons. The number of rotatable bonds is 9. The Morgan fingerprint density at radius 1 is 1.11 bits per heavy atom. The van der Waals surface area contributed by atoms with E-state index in [4.69, 9.17) is 4.74 Å². The third-order valence-corrected chi connectivity index (χ3v) is 11.4. The maximum absolute atomic E-state index is 5.85. The third kappa shape index (κ3) is 3.98. The molecule has 6 unspecified atom stereocenters. The Hall–Kier alpha value is -1.84. The number of piperidine rings is 1. The van der Waals surface area contributed by atoms with Gasteiger partial charge < -0.3 is 4.74 Å². The fourth-order valence-electron chi connectivity index (χ4n) is 9.46. The first-order valence-electron chi connectivity index (χ1n) is 15.1. The van der Waals surface area contributed by atoms with Crippen LogP contribution in [0.25, 0.3) is 0 Å². The molecule has 1 spiro atoms. The number of ether oxygens (including phenoxy) is 1. The van der Waals surface area contributed by atoms with E-state index in [1.165, 1.54) is 63.6 Å². The van der Waals surface area contributed by atoms with Crippen LogP contribution in [0.2, 0.25) is 0 Å². The van der Waals surface area contributed by atoms with Crippen molar-refractivity contribution in [1.82, 2.24) is 9.80 Å². The molecule has 1 aliphatic heterocycles. The van der Waals surface area contributed by atoms with Crippen LogP contribution in [0.3, 0.4) is 0 Å². The largest absolute Gasteiger partial charge is 0.497 e. The van der Waals surface area contributed by atoms with Crippen LogP contribution < -0.4 is 4.74 Å². The molecule has 0 amide bonds. The van der Waals surface area contributed by atoms with Gasteiger partial charge in [0.05, 0.1) is 7.11 Å². The van der Waals surface area contributed by atoms with Crippen LogP contribution in [0.5, 0.6) is 5.75 Å². The van der Waals surface area contributed by atoms with Crippen LogP contribution in [-0.2, 0) is 18.4 Å². The highest BCUT2D eigenvalue weighted by molar-refractivity contribution is 5.50. The standard InChI is InChI=1S/C34H48N2O/c1-6-10-32(35(4)21-25-11-8-7-9-12-25)30-17-18-33(3)24(2)36(22-26-13-14-26)23-28-19-27-15-16-29(37-5)20-31(27)34(28,30)33/h7-9,11-12,15-16,20,24,26,28,30,32H,6,10,13-14,17-19,21-23H2,1-5H3. The van der Waals surface area contributed by atoms with Crippen molar-refractivity contribution >= 4 is 0 Å². The van der Waals surface area contributed by atoms with Gasteiger partial charge in [0.15, 0.2) is 0 Å². The molecule has 37 heavy (non-hydrogen) atoms. The highest BCUT2D eigenvalue weighted by atomic mass is 16.5. The monoisotopic (exact) mass is 500 g/mol. The molecular weight excluding hydrogens is 452 g/mol. The molecule has 0 aromatic heterocycles. The number of hydrogen-bond acceptors (Lipinski definition) is 3. The number of fused-ring (bicyclic) bond motifs is 1. The summed E-state index contributed by atoms with van der Waals surface area (Å²) in [5, 5.41) is 0. The SMILES string of the molecule is CCCC(C1CCC2(C)C(C)N(CC3CC3)CC3Cc4ccc(OC)cc4C312)N(C)Cc1ccccc1. The van der Waals surface area contributed by atoms with E-state index >= 15 is 0 Å². The number of hydrogen-bond donors (Lipinski definition) is 0. The van der Waals surface area contributed by atoms with Gasteiger partial charge >= 0.3 is 0 Å². The Bertz CT molecular complexity index is 1100. The highest BCUT2D eigenvalue weighted by Crippen LogP contribution is 2.70. The molecule has 4 aliphatic rings. The summed E-state index contributed by atoms with van der Waals surface area (Å²) >= 11 is 0. The predicted octanol–water partition coefficient (Wildman–Crippen LogP) is 6.94. The summed E-state index contributed by atoms with van der Waals surface area (Å²) < 4.78 is 5.85. The number of benzene rings is 2. The molecule has 2 saturated carbocycles. The van der Waals surface area contributed by atoms with Crippen molar-refractivity contribution in [1.29, 1.82) is 0 Å². The molecule has 6 atom stereocenters. The molecule has 0 bridgehead atoms. The Balaban J connectivity index is 1.44. The summed E-state index contributed by atoms with van der Waals surface area (Å²) in [5.41, 5.74) is 5.19. The zero-order valence-corrected chi connectivity index (χ0v) is 23.9. The Morgan fingerprint density at radius 3 is 2.59 bits per heavy atom. The van der Waals surface area contributed by atoms with Crippen LogP contribution in [0, 0.1) is 23.2 Å². The van der Waals surface area contributed by atoms with E-state index in [0.29, 0.717) is 23.9 Å². The van der Waals surface area contributed by atoms with Gasteiger partial charge in [0.25, 0.3) is 0 Å². The quantitative estimate of drug-likeness (QED) is 0.371. The smallest absolute Gasteiger partial charge is 0.119 e. The van der Waals surface area contributed by atoms with E-state index in [2.05, 4.69) is 86.1 Å². The maximum Gasteiger partial charge on any atom is 0.119 e. The van der Waals surface area contributed by atoms with Gasteiger partial charge in [-0.15, -0.1) is 0 Å². The van der Waals surface area contributed by atoms with Gasteiger partial charge in [0.2, 0.25) is 0 Å². The number of nitrogens with zero attached hydrogens (tertiary/aromatic N) is 2. The highest BCUT2D eigenvalue weighted by Gasteiger charge is 2.70. The second kappa shape index (κ2) is 9.72. The fourth-order valence-corrected chi connectivity index (χ4v) is 9.46. The van der Waals surface area contributed by atoms with Gasteiger partial charge in [-0.25, -0.2) is 0 Å². The molecule has 2 aromatic rings. The van der Waals surface area contributed by atoms with E-state index in [9.17, 15) is 0 Å². The van der Waals surface area contributed by atoms with Crippen molar-refractivity contribution in [2.45, 2.75) is 89.8 Å². The summed E-state index contributed by atoms with van der Waals surface area (Å²) in [6.07, 6.45) is 9.32. The van der Waals surface area contributed by atoms with Gasteiger partial charge in [-0.1, -0.05) is 56.7 Å². The lowest BCUT2D eigenvalue weighted by atomic mass is 9.50. The van der Waals surface area contributed by atoms with Gasteiger partial charge in [-0.3, -0.25) is 9.80 Å². The molecule has 3 aliphatic carbocycles. The van der Waals surface area contributed by atoms with Crippen molar-refractivity contribution in [3.05, 3.63) is 65.2 Å². The molecule has 3 fully saturated rings. The lowest BCUT2D eigenvalue weighted by molar-refractivity contribution is -0.0815. The lowest BCUT2D eigenvalue weighted by Crippen LogP contribution is -2.66. The first-order chi connectivity index (χ1) is 17.9. The summed E-state index contributed by atoms with van der Waals surface area (Å²) in [5.74, 6) is 3.37. The molecule has 6 rings (SSSR count). The summed E-state index contributed by atoms with van der Waals surface area (Å²) in [7, 11) is 4.24. The molecule has 1 saturated heterocycles. The predicted molar refractivity (Wildman–Crippen MR) is 153 cm³/mol. The topological polar surface area (TPSA) is 15.7 Å². The molecule has 0 N–H and O–H groups in total. The minimum absolute atomic E-state index is 0.223. The average molecular weight is 501 g/mol. The van der Waals surface area contributed by atoms with Gasteiger partial charge in [-0.2, -0.15) is 0 Å². The van der Waals surface area contributed by atoms with E-state index in [1.54, 1.807) is 11.1 Å². The van der Waals surface area contributed by atoms with Crippen molar-refractivity contribution in [3.63, 3.8) is 0 Å². The first-order valence-corrected chi connectivity index (χ1v) is 15.1. The van der Waals surface area contributed by atoms with Crippen molar-refractivity contribution in [3.8, 4) is 5.75 Å². The van der Waals surface area contributed by atoms with Crippen molar-refractivity contribution in [2.24, 2.45) is 23.2 Å². The minimum atomic E-state index is 0.223. The van der Waals surface area contributed by atoms with E-state index in [-0.39, 0.29) is 10.8 Å². The van der Waals surface area contributed by atoms with Gasteiger partial charge in [0, 0.05) is 37.1 Å². The van der Waals surface area contributed by atoms with Crippen molar-refractivity contribution < 1.29 is 4.74 Å². The summed E-state index contributed by atoms with van der Waals surface area (Å²) in [6, 6.07) is 19.4. The normalized spacial score (nSPS) is 33.7. The molecule has 3 nitrogen and oxygen atoms in total. The zero-order chi connectivity index (χ0) is 25.8.